The molecular formula is C27H30ClFN4O5. The fourth-order valence-electron chi connectivity index (χ4n) is 5.35. The van der Waals surface area contributed by atoms with E-state index < -0.39 is 11.9 Å². The minimum Gasteiger partial charge on any atom is -0.507 e. The predicted octanol–water partition coefficient (Wildman–Crippen LogP) is 3.25. The van der Waals surface area contributed by atoms with Crippen LogP contribution in [0.25, 0.3) is 11.3 Å². The topological polar surface area (TPSA) is 104 Å². The van der Waals surface area contributed by atoms with Gasteiger partial charge in [0.05, 0.1) is 11.6 Å². The first-order chi connectivity index (χ1) is 18.3. The molecule has 3 aliphatic rings. The summed E-state index contributed by atoms with van der Waals surface area (Å²) in [5.74, 6) is -1.48. The fraction of sp³-hybridized carbons (Fsp3) is 0.444. The van der Waals surface area contributed by atoms with Crippen LogP contribution in [0.1, 0.15) is 30.1 Å². The third kappa shape index (κ3) is 4.78. The summed E-state index contributed by atoms with van der Waals surface area (Å²) in [6, 6.07) is 3.45. The zero-order chi connectivity index (χ0) is 27.0. The number of carbonyl (C=O) groups excluding carboxylic acids is 2. The number of phenolic OH excluding ortho intramolecular Hbond substituents is 1. The Labute approximate surface area is 225 Å². The Hall–Kier alpha value is -3.37. The number of rotatable bonds is 5. The van der Waals surface area contributed by atoms with Crippen molar-refractivity contribution in [2.24, 2.45) is 5.92 Å². The smallest absolute Gasteiger partial charge is 0.263 e. The maximum atomic E-state index is 14.9. The molecular weight excluding hydrogens is 515 g/mol. The van der Waals surface area contributed by atoms with Crippen LogP contribution in [0.4, 0.5) is 4.39 Å². The minimum atomic E-state index is -0.729. The van der Waals surface area contributed by atoms with Gasteiger partial charge in [0.1, 0.15) is 40.6 Å². The molecule has 5 rings (SSSR count). The first kappa shape index (κ1) is 26.2. The van der Waals surface area contributed by atoms with E-state index in [1.807, 2.05) is 6.92 Å². The molecule has 11 heteroatoms. The summed E-state index contributed by atoms with van der Waals surface area (Å²) < 4.78 is 27.3. The Bertz CT molecular complexity index is 1250. The van der Waals surface area contributed by atoms with Gasteiger partial charge in [0.25, 0.3) is 5.91 Å². The molecule has 0 bridgehead atoms. The molecule has 4 heterocycles. The van der Waals surface area contributed by atoms with Gasteiger partial charge in [-0.15, -0.1) is 0 Å². The summed E-state index contributed by atoms with van der Waals surface area (Å²) in [5.41, 5.74) is -0.230. The van der Waals surface area contributed by atoms with E-state index >= 15 is 0 Å². The molecule has 9 nitrogen and oxygen atoms in total. The Morgan fingerprint density at radius 3 is 2.82 bits per heavy atom. The maximum absolute atomic E-state index is 14.9. The highest BCUT2D eigenvalue weighted by molar-refractivity contribution is 6.35. The largest absolute Gasteiger partial charge is 0.507 e. The lowest BCUT2D eigenvalue weighted by Crippen LogP contribution is -2.57. The van der Waals surface area contributed by atoms with E-state index in [4.69, 9.17) is 21.1 Å². The highest BCUT2D eigenvalue weighted by Crippen LogP contribution is 2.46. The second-order valence-corrected chi connectivity index (χ2v) is 10.2. The second kappa shape index (κ2) is 10.8. The number of fused-ring (bicyclic) bond motifs is 2. The van der Waals surface area contributed by atoms with Gasteiger partial charge in [-0.2, -0.15) is 0 Å². The van der Waals surface area contributed by atoms with Crippen LogP contribution < -0.4 is 14.8 Å². The number of halogens is 2. The van der Waals surface area contributed by atoms with Gasteiger partial charge >= 0.3 is 0 Å². The van der Waals surface area contributed by atoms with Crippen LogP contribution in [0.2, 0.25) is 5.02 Å². The van der Waals surface area contributed by atoms with Gasteiger partial charge in [-0.3, -0.25) is 9.59 Å². The third-order valence-electron chi connectivity index (χ3n) is 7.50. The molecule has 0 saturated carbocycles. The molecule has 0 radical (unpaired) electrons. The molecule has 2 aromatic rings. The summed E-state index contributed by atoms with van der Waals surface area (Å²) in [6.45, 7) is 8.12. The second-order valence-electron chi connectivity index (χ2n) is 9.78. The van der Waals surface area contributed by atoms with Gasteiger partial charge in [0.15, 0.2) is 5.75 Å². The lowest BCUT2D eigenvalue weighted by molar-refractivity contribution is -0.128. The molecule has 1 aromatic carbocycles. The van der Waals surface area contributed by atoms with E-state index in [0.29, 0.717) is 6.54 Å². The van der Waals surface area contributed by atoms with Crippen LogP contribution in [0.3, 0.4) is 0 Å². The van der Waals surface area contributed by atoms with Crippen molar-refractivity contribution in [3.63, 3.8) is 0 Å². The predicted molar refractivity (Wildman–Crippen MR) is 139 cm³/mol. The van der Waals surface area contributed by atoms with Crippen LogP contribution in [-0.4, -0.2) is 83.2 Å². The van der Waals surface area contributed by atoms with E-state index in [1.165, 1.54) is 24.3 Å². The fourth-order valence-corrected chi connectivity index (χ4v) is 5.63. The number of aromatic nitrogens is 1. The maximum Gasteiger partial charge on any atom is 0.263 e. The summed E-state index contributed by atoms with van der Waals surface area (Å²) >= 11 is 6.72. The third-order valence-corrected chi connectivity index (χ3v) is 7.85. The van der Waals surface area contributed by atoms with Gasteiger partial charge < -0.3 is 29.7 Å². The average Bonchev–Trinajstić information content (AvgIpc) is 3.07. The molecule has 0 aliphatic carbocycles. The number of aromatic hydroxyl groups is 1. The SMILES string of the molecule is C=CC(=O)N1CCN2C(=O)c3c(OC(C)C4CCNCC4)nc(-c4c(O)cccc4F)c(Cl)c3OC[C@H]2C1. The number of hydrogen-bond acceptors (Lipinski definition) is 7. The Balaban J connectivity index is 1.60. The van der Waals surface area contributed by atoms with Gasteiger partial charge in [0, 0.05) is 19.6 Å². The quantitative estimate of drug-likeness (QED) is 0.557. The van der Waals surface area contributed by atoms with Crippen LogP contribution in [0, 0.1) is 11.7 Å². The van der Waals surface area contributed by atoms with Crippen LogP contribution in [-0.2, 0) is 4.79 Å². The molecule has 2 saturated heterocycles. The van der Waals surface area contributed by atoms with Crippen molar-refractivity contribution in [2.45, 2.75) is 31.9 Å². The number of nitrogens with zero attached hydrogens (tertiary/aromatic N) is 3. The molecule has 3 aliphatic heterocycles. The number of amides is 2. The minimum absolute atomic E-state index is 0.0211. The van der Waals surface area contributed by atoms with Crippen molar-refractivity contribution in [3.8, 4) is 28.6 Å². The summed E-state index contributed by atoms with van der Waals surface area (Å²) in [5, 5.41) is 13.7. The van der Waals surface area contributed by atoms with Gasteiger partial charge in [-0.05, 0) is 57.0 Å². The monoisotopic (exact) mass is 544 g/mol. The number of piperidine rings is 1. The number of pyridine rings is 1. The molecule has 2 fully saturated rings. The lowest BCUT2D eigenvalue weighted by Gasteiger charge is -2.39. The van der Waals surface area contributed by atoms with Crippen LogP contribution in [0.5, 0.6) is 17.4 Å². The van der Waals surface area contributed by atoms with Gasteiger partial charge in [-0.1, -0.05) is 24.2 Å². The normalized spacial score (nSPS) is 20.6. The summed E-state index contributed by atoms with van der Waals surface area (Å²) in [4.78, 5) is 33.9. The Kier molecular flexibility index (Phi) is 7.45. The molecule has 202 valence electrons. The number of benzene rings is 1. The van der Waals surface area contributed by atoms with Crippen LogP contribution in [0.15, 0.2) is 30.9 Å². The number of ether oxygens (including phenoxy) is 2. The standard InChI is InChI=1S/C27H30ClFN4O5/c1-3-20(35)32-11-12-33-17(13-32)14-37-25-22(27(33)36)26(38-15(2)16-7-9-30-10-8-16)31-24(23(25)28)21-18(29)5-4-6-19(21)34/h3-6,15-17,30,34H,1,7-14H2,2H3/t15?,17-/m1/s1. The highest BCUT2D eigenvalue weighted by atomic mass is 35.5. The van der Waals surface area contributed by atoms with Crippen LogP contribution >= 0.6 is 11.6 Å². The molecule has 2 atom stereocenters. The molecule has 2 amide bonds. The van der Waals surface area contributed by atoms with E-state index in [2.05, 4.69) is 16.9 Å². The Morgan fingerprint density at radius 2 is 2.11 bits per heavy atom. The number of piperazine rings is 1. The number of carbonyl (C=O) groups is 2. The van der Waals surface area contributed by atoms with Crippen molar-refractivity contribution < 1.29 is 28.6 Å². The van der Waals surface area contributed by atoms with Gasteiger partial charge in [-0.25, -0.2) is 9.37 Å². The van der Waals surface area contributed by atoms with E-state index in [9.17, 15) is 19.1 Å². The molecule has 2 N–H and O–H groups in total. The average molecular weight is 545 g/mol. The molecule has 1 aromatic heterocycles. The zero-order valence-corrected chi connectivity index (χ0v) is 21.8. The van der Waals surface area contributed by atoms with E-state index in [-0.39, 0.29) is 82.8 Å². The number of phenols is 1. The van der Waals surface area contributed by atoms with Crippen molar-refractivity contribution >= 4 is 23.4 Å². The van der Waals surface area contributed by atoms with Gasteiger partial charge in [0.2, 0.25) is 11.8 Å². The lowest BCUT2D eigenvalue weighted by atomic mass is 9.93. The molecule has 1 unspecified atom stereocenters. The molecule has 38 heavy (non-hydrogen) atoms. The van der Waals surface area contributed by atoms with Crippen molar-refractivity contribution in [1.82, 2.24) is 20.1 Å². The summed E-state index contributed by atoms with van der Waals surface area (Å²) in [7, 11) is 0. The van der Waals surface area contributed by atoms with Crippen molar-refractivity contribution in [2.75, 3.05) is 39.3 Å². The molecule has 0 spiro atoms. The number of nitrogens with one attached hydrogen (secondary N) is 1. The highest BCUT2D eigenvalue weighted by Gasteiger charge is 2.41. The summed E-state index contributed by atoms with van der Waals surface area (Å²) in [6.07, 6.45) is 2.73. The number of hydrogen-bond donors (Lipinski definition) is 2. The zero-order valence-electron chi connectivity index (χ0n) is 21.1. The first-order valence-corrected chi connectivity index (χ1v) is 13.1. The first-order valence-electron chi connectivity index (χ1n) is 12.7. The van der Waals surface area contributed by atoms with Crippen molar-refractivity contribution in [1.29, 1.82) is 0 Å². The van der Waals surface area contributed by atoms with E-state index in [0.717, 1.165) is 25.9 Å². The van der Waals surface area contributed by atoms with Crippen molar-refractivity contribution in [3.05, 3.63) is 47.3 Å². The Morgan fingerprint density at radius 1 is 1.34 bits per heavy atom. The van der Waals surface area contributed by atoms with E-state index in [1.54, 1.807) is 9.80 Å².